The molecule has 0 spiro atoms. The molecule has 1 fully saturated rings. The predicted octanol–water partition coefficient (Wildman–Crippen LogP) is 4.20. The Labute approximate surface area is 222 Å². The average Bonchev–Trinajstić information content (AvgIpc) is 3.42. The Hall–Kier alpha value is -3.49. The maximum absolute atomic E-state index is 13.0. The van der Waals surface area contributed by atoms with Crippen molar-refractivity contribution in [2.24, 2.45) is 5.92 Å². The van der Waals surface area contributed by atoms with Gasteiger partial charge in [0.05, 0.1) is 23.4 Å². The number of ether oxygens (including phenoxy) is 4. The van der Waals surface area contributed by atoms with Crippen LogP contribution in [0.4, 0.5) is 0 Å². The molecule has 38 heavy (non-hydrogen) atoms. The summed E-state index contributed by atoms with van der Waals surface area (Å²) >= 11 is 0. The molecule has 8 nitrogen and oxygen atoms in total. The smallest absolute Gasteiger partial charge is 0.343 e. The van der Waals surface area contributed by atoms with Gasteiger partial charge in [-0.05, 0) is 63.7 Å². The molecule has 1 aromatic carbocycles. The lowest BCUT2D eigenvalue weighted by Gasteiger charge is -2.36. The lowest BCUT2D eigenvalue weighted by atomic mass is 9.80. The number of hydrogen-bond acceptors (Lipinski definition) is 8. The number of benzene rings is 1. The normalized spacial score (nSPS) is 30.6. The van der Waals surface area contributed by atoms with Gasteiger partial charge in [-0.3, -0.25) is 0 Å². The third kappa shape index (κ3) is 5.66. The van der Waals surface area contributed by atoms with Gasteiger partial charge in [-0.25, -0.2) is 14.4 Å². The quantitative estimate of drug-likeness (QED) is 0.323. The van der Waals surface area contributed by atoms with E-state index in [9.17, 15) is 19.5 Å². The number of carbonyl (C=O) groups is 3. The van der Waals surface area contributed by atoms with Crippen LogP contribution in [0.5, 0.6) is 0 Å². The highest BCUT2D eigenvalue weighted by Crippen LogP contribution is 2.48. The fourth-order valence-corrected chi connectivity index (χ4v) is 5.11. The fourth-order valence-electron chi connectivity index (χ4n) is 5.11. The van der Waals surface area contributed by atoms with Crippen LogP contribution < -0.4 is 0 Å². The van der Waals surface area contributed by atoms with Gasteiger partial charge in [0.15, 0.2) is 0 Å². The molecule has 1 aromatic rings. The van der Waals surface area contributed by atoms with E-state index < -0.39 is 35.2 Å². The Bertz CT molecular complexity index is 1220. The first kappa shape index (κ1) is 27.5. The second-order valence-electron chi connectivity index (χ2n) is 10.3. The molecule has 4 atom stereocenters. The number of rotatable bonds is 7. The lowest BCUT2D eigenvalue weighted by molar-refractivity contribution is -0.149. The molecule has 3 aliphatic heterocycles. The molecule has 2 unspecified atom stereocenters. The number of allylic oxidation sites excluding steroid dienone is 1. The van der Waals surface area contributed by atoms with Gasteiger partial charge in [0.1, 0.15) is 18.5 Å². The molecule has 0 radical (unpaired) electrons. The molecule has 8 heteroatoms. The van der Waals surface area contributed by atoms with Gasteiger partial charge in [-0.1, -0.05) is 43.3 Å². The first-order valence-corrected chi connectivity index (χ1v) is 12.8. The predicted molar refractivity (Wildman–Crippen MR) is 139 cm³/mol. The Morgan fingerprint density at radius 1 is 1.21 bits per heavy atom. The van der Waals surface area contributed by atoms with E-state index in [-0.39, 0.29) is 36.9 Å². The Kier molecular flexibility index (Phi) is 8.04. The first-order valence-electron chi connectivity index (χ1n) is 12.8. The van der Waals surface area contributed by atoms with E-state index in [1.807, 2.05) is 44.2 Å². The van der Waals surface area contributed by atoms with Gasteiger partial charge in [0.25, 0.3) is 0 Å². The monoisotopic (exact) mass is 522 g/mol. The van der Waals surface area contributed by atoms with Crippen molar-refractivity contribution in [2.45, 2.75) is 64.3 Å². The average molecular weight is 523 g/mol. The van der Waals surface area contributed by atoms with Crippen molar-refractivity contribution in [1.82, 2.24) is 0 Å². The Morgan fingerprint density at radius 3 is 2.63 bits per heavy atom. The maximum Gasteiger partial charge on any atom is 0.343 e. The summed E-state index contributed by atoms with van der Waals surface area (Å²) < 4.78 is 23.4. The zero-order chi connectivity index (χ0) is 27.5. The van der Waals surface area contributed by atoms with Crippen molar-refractivity contribution in [3.63, 3.8) is 0 Å². The second kappa shape index (κ2) is 11.1. The number of hydrogen-bond donors (Lipinski definition) is 1. The van der Waals surface area contributed by atoms with E-state index >= 15 is 0 Å². The van der Waals surface area contributed by atoms with E-state index in [0.29, 0.717) is 24.0 Å². The van der Waals surface area contributed by atoms with Crippen molar-refractivity contribution in [3.8, 4) is 0 Å². The molecule has 3 aliphatic rings. The number of esters is 3. The van der Waals surface area contributed by atoms with Crippen LogP contribution in [0.1, 0.15) is 52.5 Å². The second-order valence-corrected chi connectivity index (χ2v) is 10.3. The van der Waals surface area contributed by atoms with Crippen LogP contribution in [0.3, 0.4) is 0 Å². The van der Waals surface area contributed by atoms with Crippen molar-refractivity contribution in [2.75, 3.05) is 13.2 Å². The van der Waals surface area contributed by atoms with Gasteiger partial charge in [-0.2, -0.15) is 0 Å². The van der Waals surface area contributed by atoms with E-state index in [1.54, 1.807) is 32.1 Å². The molecule has 0 amide bonds. The minimum atomic E-state index is -0.881. The standard InChI is InChI=1S/C30H34O8/c1-5-19(2)27(33)36-23-15-20(3)30(18-31)14-13-29(4,38-30)16-24-26(23)22(28(34)37-24)17-35-25(32)12-11-21-9-7-6-8-10-21/h5-12,16,20,23,31H,13-15,17-18H2,1-4H3/b12-11+,19-5+,24-16+/t20-,23+,29?,30?/m1/s1. The van der Waals surface area contributed by atoms with Crippen LogP contribution in [0.2, 0.25) is 0 Å². The van der Waals surface area contributed by atoms with Gasteiger partial charge >= 0.3 is 17.9 Å². The SMILES string of the molecule is C/C=C(\C)C(=O)O[C@H]1C[C@@H](C)C2(CO)CCC(C)(/C=C3/OC(=O)C(COC(=O)/C=C/c4ccccc4)=C31)O2. The first-order chi connectivity index (χ1) is 18.1. The molecule has 202 valence electrons. The summed E-state index contributed by atoms with van der Waals surface area (Å²) in [4.78, 5) is 38.3. The van der Waals surface area contributed by atoms with Crippen LogP contribution in [-0.4, -0.2) is 53.5 Å². The minimum Gasteiger partial charge on any atom is -0.457 e. The number of carbonyl (C=O) groups excluding carboxylic acids is 3. The summed E-state index contributed by atoms with van der Waals surface area (Å²) in [6, 6.07) is 9.28. The molecule has 4 rings (SSSR count). The molecule has 1 N–H and O–H groups in total. The lowest BCUT2D eigenvalue weighted by Crippen LogP contribution is -2.43. The highest BCUT2D eigenvalue weighted by atomic mass is 16.6. The summed E-state index contributed by atoms with van der Waals surface area (Å²) in [6.45, 7) is 6.64. The summed E-state index contributed by atoms with van der Waals surface area (Å²) in [5, 5.41) is 10.3. The van der Waals surface area contributed by atoms with E-state index in [2.05, 4.69) is 0 Å². The Balaban J connectivity index is 1.69. The molecule has 2 bridgehead atoms. The van der Waals surface area contributed by atoms with Crippen molar-refractivity contribution in [1.29, 1.82) is 0 Å². The van der Waals surface area contributed by atoms with Crippen molar-refractivity contribution in [3.05, 3.63) is 76.6 Å². The summed E-state index contributed by atoms with van der Waals surface area (Å²) in [5.74, 6) is -1.84. The van der Waals surface area contributed by atoms with Crippen LogP contribution in [0, 0.1) is 5.92 Å². The molecular weight excluding hydrogens is 488 g/mol. The fraction of sp³-hybridized carbons (Fsp3) is 0.433. The molecule has 0 saturated carbocycles. The topological polar surface area (TPSA) is 108 Å². The Morgan fingerprint density at radius 2 is 1.95 bits per heavy atom. The minimum absolute atomic E-state index is 0.111. The van der Waals surface area contributed by atoms with Gasteiger partial charge in [0.2, 0.25) is 0 Å². The van der Waals surface area contributed by atoms with Gasteiger partial charge in [-0.15, -0.1) is 0 Å². The molecular formula is C30H34O8. The molecule has 3 heterocycles. The van der Waals surface area contributed by atoms with Crippen LogP contribution in [0.15, 0.2) is 71.0 Å². The molecule has 1 saturated heterocycles. The zero-order valence-electron chi connectivity index (χ0n) is 22.2. The van der Waals surface area contributed by atoms with Crippen LogP contribution in [-0.2, 0) is 33.3 Å². The number of aliphatic hydroxyl groups is 1. The summed E-state index contributed by atoms with van der Waals surface area (Å²) in [5.41, 5.74) is 0.0823. The largest absolute Gasteiger partial charge is 0.457 e. The van der Waals surface area contributed by atoms with Crippen LogP contribution >= 0.6 is 0 Å². The van der Waals surface area contributed by atoms with E-state index in [4.69, 9.17) is 18.9 Å². The highest BCUT2D eigenvalue weighted by Gasteiger charge is 2.52. The number of aliphatic hydroxyl groups excluding tert-OH is 1. The maximum atomic E-state index is 13.0. The summed E-state index contributed by atoms with van der Waals surface area (Å²) in [6.07, 6.45) is 6.87. The van der Waals surface area contributed by atoms with Crippen LogP contribution in [0.25, 0.3) is 6.08 Å². The van der Waals surface area contributed by atoms with Crippen molar-refractivity contribution >= 4 is 24.0 Å². The third-order valence-corrected chi connectivity index (χ3v) is 7.59. The van der Waals surface area contributed by atoms with Gasteiger partial charge in [0, 0.05) is 17.2 Å². The highest BCUT2D eigenvalue weighted by molar-refractivity contribution is 5.96. The van der Waals surface area contributed by atoms with Crippen molar-refractivity contribution < 1.29 is 38.4 Å². The van der Waals surface area contributed by atoms with E-state index in [0.717, 1.165) is 5.56 Å². The third-order valence-electron chi connectivity index (χ3n) is 7.59. The number of fused-ring (bicyclic) bond motifs is 3. The molecule has 0 aromatic heterocycles. The van der Waals surface area contributed by atoms with E-state index in [1.165, 1.54) is 6.08 Å². The van der Waals surface area contributed by atoms with Gasteiger partial charge < -0.3 is 24.1 Å². The zero-order valence-corrected chi connectivity index (χ0v) is 22.2. The molecule has 0 aliphatic carbocycles. The summed E-state index contributed by atoms with van der Waals surface area (Å²) in [7, 11) is 0.